The van der Waals surface area contributed by atoms with E-state index >= 15 is 0 Å². The highest BCUT2D eigenvalue weighted by molar-refractivity contribution is 9.10. The lowest BCUT2D eigenvalue weighted by Crippen LogP contribution is -2.23. The number of rotatable bonds is 3. The minimum Gasteiger partial charge on any atom is -0.409 e. The van der Waals surface area contributed by atoms with Crippen LogP contribution in [-0.4, -0.2) is 17.6 Å². The lowest BCUT2D eigenvalue weighted by molar-refractivity contribution is 0.317. The number of halogens is 1. The Morgan fingerprint density at radius 1 is 1.47 bits per heavy atom. The zero-order valence-corrected chi connectivity index (χ0v) is 10.3. The highest BCUT2D eigenvalue weighted by atomic mass is 79.9. The van der Waals surface area contributed by atoms with Gasteiger partial charge in [0.2, 0.25) is 0 Å². The van der Waals surface area contributed by atoms with E-state index in [4.69, 9.17) is 10.9 Å². The van der Waals surface area contributed by atoms with E-state index in [-0.39, 0.29) is 5.84 Å². The van der Waals surface area contributed by atoms with E-state index in [2.05, 4.69) is 26.4 Å². The topological polar surface area (TPSA) is 70.6 Å². The van der Waals surface area contributed by atoms with E-state index in [0.717, 1.165) is 21.3 Å². The van der Waals surface area contributed by atoms with Crippen LogP contribution in [0.2, 0.25) is 0 Å². The molecule has 0 bridgehead atoms. The van der Waals surface area contributed by atoms with Crippen molar-refractivity contribution < 1.29 is 5.21 Å². The van der Waals surface area contributed by atoms with Gasteiger partial charge in [-0.05, 0) is 37.1 Å². The lowest BCUT2D eigenvalue weighted by Gasteiger charge is -2.12. The fraction of sp³-hybridized carbons (Fsp3) is 0.300. The minimum absolute atomic E-state index is 0.164. The Kier molecular flexibility index (Phi) is 3.96. The molecule has 82 valence electrons. The molecular formula is C10H14BrN3O. The van der Waals surface area contributed by atoms with Gasteiger partial charge in [0.1, 0.15) is 0 Å². The summed E-state index contributed by atoms with van der Waals surface area (Å²) in [6.07, 6.45) is 0. The fourth-order valence-electron chi connectivity index (χ4n) is 1.40. The predicted octanol–water partition coefficient (Wildman–Crippen LogP) is 2.22. The minimum atomic E-state index is 0.164. The van der Waals surface area contributed by atoms with Crippen molar-refractivity contribution in [1.29, 1.82) is 0 Å². The summed E-state index contributed by atoms with van der Waals surface area (Å²) in [6, 6.07) is 4.03. The van der Waals surface area contributed by atoms with Crippen molar-refractivity contribution in [1.82, 2.24) is 0 Å². The first-order valence-corrected chi connectivity index (χ1v) is 5.31. The Morgan fingerprint density at radius 2 is 2.00 bits per heavy atom. The van der Waals surface area contributed by atoms with Gasteiger partial charge in [-0.3, -0.25) is 0 Å². The Morgan fingerprint density at radius 3 is 2.47 bits per heavy atom. The predicted molar refractivity (Wildman–Crippen MR) is 65.5 cm³/mol. The third-order valence-electron chi connectivity index (χ3n) is 2.07. The van der Waals surface area contributed by atoms with Gasteiger partial charge >= 0.3 is 0 Å². The molecule has 0 unspecified atom stereocenters. The third kappa shape index (κ3) is 3.13. The second-order valence-electron chi connectivity index (χ2n) is 3.36. The average Bonchev–Trinajstić information content (AvgIpc) is 2.15. The van der Waals surface area contributed by atoms with Crippen LogP contribution in [0.15, 0.2) is 21.8 Å². The monoisotopic (exact) mass is 271 g/mol. The van der Waals surface area contributed by atoms with Crippen LogP contribution in [0, 0.1) is 13.8 Å². The molecule has 4 N–H and O–H groups in total. The fourth-order valence-corrected chi connectivity index (χ4v) is 2.09. The van der Waals surface area contributed by atoms with Gasteiger partial charge in [-0.1, -0.05) is 21.1 Å². The Labute approximate surface area is 97.3 Å². The summed E-state index contributed by atoms with van der Waals surface area (Å²) in [5.41, 5.74) is 8.63. The number of nitrogens with two attached hydrogens (primary N) is 1. The van der Waals surface area contributed by atoms with Crippen molar-refractivity contribution in [3.63, 3.8) is 0 Å². The molecule has 15 heavy (non-hydrogen) atoms. The zero-order chi connectivity index (χ0) is 11.4. The molecule has 1 aromatic rings. The molecule has 5 heteroatoms. The van der Waals surface area contributed by atoms with Gasteiger partial charge in [-0.2, -0.15) is 0 Å². The van der Waals surface area contributed by atoms with Crippen molar-refractivity contribution in [2.75, 3.05) is 11.9 Å². The van der Waals surface area contributed by atoms with Gasteiger partial charge < -0.3 is 16.3 Å². The Hall–Kier alpha value is -1.23. The summed E-state index contributed by atoms with van der Waals surface area (Å²) < 4.78 is 1.05. The normalized spacial score (nSPS) is 11.5. The molecule has 0 fully saturated rings. The molecule has 0 amide bonds. The molecule has 0 saturated heterocycles. The number of oxime groups is 1. The van der Waals surface area contributed by atoms with Gasteiger partial charge in [0.15, 0.2) is 5.84 Å². The summed E-state index contributed by atoms with van der Waals surface area (Å²) >= 11 is 3.42. The number of nitrogens with one attached hydrogen (secondary N) is 1. The molecule has 0 aliphatic rings. The third-order valence-corrected chi connectivity index (χ3v) is 2.53. The second kappa shape index (κ2) is 5.02. The van der Waals surface area contributed by atoms with Gasteiger partial charge in [0, 0.05) is 10.2 Å². The summed E-state index contributed by atoms with van der Waals surface area (Å²) in [5.74, 6) is 0.164. The van der Waals surface area contributed by atoms with Crippen LogP contribution >= 0.6 is 15.9 Å². The van der Waals surface area contributed by atoms with E-state index in [1.165, 1.54) is 0 Å². The quantitative estimate of drug-likeness (QED) is 0.342. The number of anilines is 1. The number of nitrogens with zero attached hydrogens (tertiary/aromatic N) is 1. The molecule has 0 saturated carbocycles. The van der Waals surface area contributed by atoms with Gasteiger partial charge in [0.25, 0.3) is 0 Å². The van der Waals surface area contributed by atoms with Crippen molar-refractivity contribution in [3.05, 3.63) is 27.7 Å². The molecule has 0 atom stereocenters. The van der Waals surface area contributed by atoms with E-state index < -0.39 is 0 Å². The highest BCUT2D eigenvalue weighted by Gasteiger charge is 2.04. The van der Waals surface area contributed by atoms with E-state index in [0.29, 0.717) is 6.54 Å². The molecule has 0 heterocycles. The van der Waals surface area contributed by atoms with Gasteiger partial charge in [-0.15, -0.1) is 0 Å². The van der Waals surface area contributed by atoms with Crippen LogP contribution in [0.5, 0.6) is 0 Å². The number of amidine groups is 1. The van der Waals surface area contributed by atoms with Crippen LogP contribution in [0.1, 0.15) is 11.1 Å². The highest BCUT2D eigenvalue weighted by Crippen LogP contribution is 2.24. The molecule has 0 aliphatic carbocycles. The number of hydrogen-bond donors (Lipinski definition) is 3. The van der Waals surface area contributed by atoms with Crippen LogP contribution in [0.25, 0.3) is 0 Å². The van der Waals surface area contributed by atoms with E-state index in [1.54, 1.807) is 0 Å². The van der Waals surface area contributed by atoms with Gasteiger partial charge in [0.05, 0.1) is 6.54 Å². The van der Waals surface area contributed by atoms with E-state index in [9.17, 15) is 0 Å². The zero-order valence-electron chi connectivity index (χ0n) is 8.71. The Bertz CT molecular complexity index is 367. The maximum Gasteiger partial charge on any atom is 0.158 e. The average molecular weight is 272 g/mol. The van der Waals surface area contributed by atoms with Crippen molar-refractivity contribution in [2.24, 2.45) is 10.9 Å². The molecular weight excluding hydrogens is 258 g/mol. The molecule has 0 radical (unpaired) electrons. The molecule has 0 aliphatic heterocycles. The van der Waals surface area contributed by atoms with Crippen LogP contribution in [0.3, 0.4) is 0 Å². The molecule has 0 aromatic heterocycles. The summed E-state index contributed by atoms with van der Waals surface area (Å²) in [4.78, 5) is 0. The molecule has 1 rings (SSSR count). The molecule has 1 aromatic carbocycles. The smallest absolute Gasteiger partial charge is 0.158 e. The number of benzene rings is 1. The summed E-state index contributed by atoms with van der Waals surface area (Å²) in [6.45, 7) is 4.35. The maximum absolute atomic E-state index is 8.41. The van der Waals surface area contributed by atoms with Crippen LogP contribution in [0.4, 0.5) is 5.69 Å². The summed E-state index contributed by atoms with van der Waals surface area (Å²) in [5, 5.41) is 14.4. The molecule has 0 spiro atoms. The largest absolute Gasteiger partial charge is 0.409 e. The maximum atomic E-state index is 8.41. The Balaban J connectivity index is 2.86. The number of aryl methyl sites for hydroxylation is 2. The van der Waals surface area contributed by atoms with Crippen molar-refractivity contribution in [2.45, 2.75) is 13.8 Å². The number of hydrogen-bond acceptors (Lipinski definition) is 3. The first-order valence-electron chi connectivity index (χ1n) is 4.51. The standard InChI is InChI=1S/C10H14BrN3O/c1-6-3-8(11)4-7(2)10(6)13-5-9(12)14-15/h3-4,13,15H,5H2,1-2H3,(H2,12,14). The van der Waals surface area contributed by atoms with Crippen LogP contribution in [-0.2, 0) is 0 Å². The summed E-state index contributed by atoms with van der Waals surface area (Å²) in [7, 11) is 0. The van der Waals surface area contributed by atoms with Gasteiger partial charge in [-0.25, -0.2) is 0 Å². The molecule has 4 nitrogen and oxygen atoms in total. The SMILES string of the molecule is Cc1cc(Br)cc(C)c1NCC(N)=NO. The first-order chi connectivity index (χ1) is 7.04. The van der Waals surface area contributed by atoms with Crippen molar-refractivity contribution in [3.8, 4) is 0 Å². The first kappa shape index (κ1) is 11.8. The second-order valence-corrected chi connectivity index (χ2v) is 4.28. The lowest BCUT2D eigenvalue weighted by atomic mass is 10.1. The van der Waals surface area contributed by atoms with E-state index in [1.807, 2.05) is 26.0 Å². The van der Waals surface area contributed by atoms with Crippen LogP contribution < -0.4 is 11.1 Å². The van der Waals surface area contributed by atoms with Crippen molar-refractivity contribution >= 4 is 27.5 Å².